The smallest absolute Gasteiger partial charge is 0.258 e. The molecule has 1 rings (SSSR count). The van der Waals surface area contributed by atoms with Crippen molar-refractivity contribution in [1.29, 1.82) is 0 Å². The SMILES string of the molecule is Cc1ccc(CN)cc1OCC(=O)NC(C)C. The van der Waals surface area contributed by atoms with Gasteiger partial charge in [0, 0.05) is 12.6 Å². The standard InChI is InChI=1S/C13H20N2O2/c1-9(2)15-13(16)8-17-12-6-11(7-14)5-4-10(12)3/h4-6,9H,7-8,14H2,1-3H3,(H,15,16). The van der Waals surface area contributed by atoms with E-state index in [0.29, 0.717) is 12.3 Å². The zero-order valence-corrected chi connectivity index (χ0v) is 10.6. The molecule has 0 saturated carbocycles. The van der Waals surface area contributed by atoms with E-state index in [1.165, 1.54) is 0 Å². The van der Waals surface area contributed by atoms with Gasteiger partial charge in [0.15, 0.2) is 6.61 Å². The molecule has 0 aliphatic heterocycles. The van der Waals surface area contributed by atoms with Gasteiger partial charge in [-0.25, -0.2) is 0 Å². The van der Waals surface area contributed by atoms with Crippen molar-refractivity contribution in [1.82, 2.24) is 5.32 Å². The number of ether oxygens (including phenoxy) is 1. The zero-order chi connectivity index (χ0) is 12.8. The Bertz CT molecular complexity index is 389. The van der Waals surface area contributed by atoms with Gasteiger partial charge in [-0.1, -0.05) is 12.1 Å². The molecule has 0 bridgehead atoms. The van der Waals surface area contributed by atoms with Gasteiger partial charge in [-0.3, -0.25) is 4.79 Å². The fraction of sp³-hybridized carbons (Fsp3) is 0.462. The molecule has 0 saturated heterocycles. The Hall–Kier alpha value is -1.55. The van der Waals surface area contributed by atoms with Gasteiger partial charge in [0.25, 0.3) is 5.91 Å². The number of rotatable bonds is 5. The van der Waals surface area contributed by atoms with E-state index in [4.69, 9.17) is 10.5 Å². The number of nitrogens with two attached hydrogens (primary N) is 1. The highest BCUT2D eigenvalue weighted by Crippen LogP contribution is 2.19. The molecule has 3 N–H and O–H groups in total. The number of hydrogen-bond donors (Lipinski definition) is 2. The average Bonchev–Trinajstić information content (AvgIpc) is 2.27. The molecule has 0 aliphatic rings. The second-order valence-corrected chi connectivity index (χ2v) is 4.31. The number of carbonyl (C=O) groups is 1. The highest BCUT2D eigenvalue weighted by Gasteiger charge is 2.06. The molecule has 4 heteroatoms. The van der Waals surface area contributed by atoms with E-state index >= 15 is 0 Å². The number of hydrogen-bond acceptors (Lipinski definition) is 3. The third-order valence-corrected chi connectivity index (χ3v) is 2.30. The Kier molecular flexibility index (Phi) is 4.97. The molecule has 1 aromatic carbocycles. The van der Waals surface area contributed by atoms with Crippen LogP contribution in [0, 0.1) is 6.92 Å². The van der Waals surface area contributed by atoms with Crippen LogP contribution in [0.15, 0.2) is 18.2 Å². The predicted molar refractivity (Wildman–Crippen MR) is 67.8 cm³/mol. The molecular weight excluding hydrogens is 216 g/mol. The van der Waals surface area contributed by atoms with Crippen LogP contribution < -0.4 is 15.8 Å². The van der Waals surface area contributed by atoms with Crippen molar-refractivity contribution in [2.75, 3.05) is 6.61 Å². The van der Waals surface area contributed by atoms with Crippen LogP contribution in [0.1, 0.15) is 25.0 Å². The zero-order valence-electron chi connectivity index (χ0n) is 10.6. The summed E-state index contributed by atoms with van der Waals surface area (Å²) in [5.74, 6) is 0.601. The van der Waals surface area contributed by atoms with Gasteiger partial charge < -0.3 is 15.8 Å². The van der Waals surface area contributed by atoms with Crippen molar-refractivity contribution in [3.63, 3.8) is 0 Å². The maximum atomic E-state index is 11.4. The average molecular weight is 236 g/mol. The van der Waals surface area contributed by atoms with Gasteiger partial charge in [0.05, 0.1) is 0 Å². The molecule has 4 nitrogen and oxygen atoms in total. The summed E-state index contributed by atoms with van der Waals surface area (Å²) in [7, 11) is 0. The summed E-state index contributed by atoms with van der Waals surface area (Å²) in [6.45, 7) is 6.27. The summed E-state index contributed by atoms with van der Waals surface area (Å²) in [4.78, 5) is 11.4. The van der Waals surface area contributed by atoms with Crippen LogP contribution in [-0.2, 0) is 11.3 Å². The number of benzene rings is 1. The largest absolute Gasteiger partial charge is 0.483 e. The van der Waals surface area contributed by atoms with Gasteiger partial charge in [-0.2, -0.15) is 0 Å². The van der Waals surface area contributed by atoms with Crippen LogP contribution in [-0.4, -0.2) is 18.6 Å². The maximum absolute atomic E-state index is 11.4. The Labute approximate surface area is 102 Å². The topological polar surface area (TPSA) is 64.3 Å². The quantitative estimate of drug-likeness (QED) is 0.811. The lowest BCUT2D eigenvalue weighted by atomic mass is 10.1. The summed E-state index contributed by atoms with van der Waals surface area (Å²) >= 11 is 0. The van der Waals surface area contributed by atoms with Crippen LogP contribution in [0.5, 0.6) is 5.75 Å². The molecule has 0 radical (unpaired) electrons. The molecule has 0 unspecified atom stereocenters. The van der Waals surface area contributed by atoms with Crippen LogP contribution in [0.2, 0.25) is 0 Å². The van der Waals surface area contributed by atoms with E-state index in [2.05, 4.69) is 5.32 Å². The van der Waals surface area contributed by atoms with Crippen LogP contribution in [0.25, 0.3) is 0 Å². The molecule has 1 amide bonds. The molecule has 0 aliphatic carbocycles. The minimum absolute atomic E-state index is 0.0348. The Morgan fingerprint density at radius 3 is 2.76 bits per heavy atom. The van der Waals surface area contributed by atoms with Gasteiger partial charge in [-0.05, 0) is 38.0 Å². The van der Waals surface area contributed by atoms with Gasteiger partial charge >= 0.3 is 0 Å². The highest BCUT2D eigenvalue weighted by molar-refractivity contribution is 5.77. The van der Waals surface area contributed by atoms with Crippen LogP contribution >= 0.6 is 0 Å². The van der Waals surface area contributed by atoms with Crippen molar-refractivity contribution in [3.05, 3.63) is 29.3 Å². The first kappa shape index (κ1) is 13.5. The second-order valence-electron chi connectivity index (χ2n) is 4.31. The van der Waals surface area contributed by atoms with Gasteiger partial charge in [-0.15, -0.1) is 0 Å². The first-order valence-electron chi connectivity index (χ1n) is 5.74. The Morgan fingerprint density at radius 1 is 1.47 bits per heavy atom. The van der Waals surface area contributed by atoms with Crippen LogP contribution in [0.4, 0.5) is 0 Å². The fourth-order valence-corrected chi connectivity index (χ4v) is 1.43. The summed E-state index contributed by atoms with van der Waals surface area (Å²) in [6.07, 6.45) is 0. The maximum Gasteiger partial charge on any atom is 0.258 e. The van der Waals surface area contributed by atoms with E-state index in [1.54, 1.807) is 0 Å². The molecule has 0 aromatic heterocycles. The number of amides is 1. The molecule has 94 valence electrons. The molecule has 17 heavy (non-hydrogen) atoms. The summed E-state index contributed by atoms with van der Waals surface area (Å²) in [5, 5.41) is 2.77. The monoisotopic (exact) mass is 236 g/mol. The molecule has 0 atom stereocenters. The van der Waals surface area contributed by atoms with Gasteiger partial charge in [0.2, 0.25) is 0 Å². The first-order valence-corrected chi connectivity index (χ1v) is 5.74. The van der Waals surface area contributed by atoms with Crippen molar-refractivity contribution in [2.24, 2.45) is 5.73 Å². The second kappa shape index (κ2) is 6.25. The van der Waals surface area contributed by atoms with Crippen molar-refractivity contribution >= 4 is 5.91 Å². The van der Waals surface area contributed by atoms with E-state index in [1.807, 2.05) is 39.0 Å². The third kappa shape index (κ3) is 4.44. The summed E-state index contributed by atoms with van der Waals surface area (Å²) < 4.78 is 5.47. The van der Waals surface area contributed by atoms with Crippen LogP contribution in [0.3, 0.4) is 0 Å². The van der Waals surface area contributed by atoms with Crippen molar-refractivity contribution < 1.29 is 9.53 Å². The number of aryl methyl sites for hydroxylation is 1. The first-order chi connectivity index (χ1) is 8.02. The van der Waals surface area contributed by atoms with Crippen molar-refractivity contribution in [2.45, 2.75) is 33.4 Å². The molecular formula is C13H20N2O2. The van der Waals surface area contributed by atoms with Gasteiger partial charge in [0.1, 0.15) is 5.75 Å². The van der Waals surface area contributed by atoms with E-state index < -0.39 is 0 Å². The fourth-order valence-electron chi connectivity index (χ4n) is 1.43. The third-order valence-electron chi connectivity index (χ3n) is 2.30. The van der Waals surface area contributed by atoms with E-state index in [9.17, 15) is 4.79 Å². The Balaban J connectivity index is 2.59. The normalized spacial score (nSPS) is 10.4. The molecule has 0 fully saturated rings. The minimum Gasteiger partial charge on any atom is -0.483 e. The number of carbonyl (C=O) groups excluding carboxylic acids is 1. The molecule has 1 aromatic rings. The summed E-state index contributed by atoms with van der Waals surface area (Å²) in [5.41, 5.74) is 7.55. The van der Waals surface area contributed by atoms with Crippen molar-refractivity contribution in [3.8, 4) is 5.75 Å². The molecule has 0 heterocycles. The Morgan fingerprint density at radius 2 is 2.18 bits per heavy atom. The minimum atomic E-state index is -0.113. The molecule has 0 spiro atoms. The van der Waals surface area contributed by atoms with E-state index in [-0.39, 0.29) is 18.6 Å². The highest BCUT2D eigenvalue weighted by atomic mass is 16.5. The summed E-state index contributed by atoms with van der Waals surface area (Å²) in [6, 6.07) is 5.90. The lowest BCUT2D eigenvalue weighted by Crippen LogP contribution is -2.34. The number of nitrogens with one attached hydrogen (secondary N) is 1. The predicted octanol–water partition coefficient (Wildman–Crippen LogP) is 1.36. The van der Waals surface area contributed by atoms with E-state index in [0.717, 1.165) is 11.1 Å². The lowest BCUT2D eigenvalue weighted by Gasteiger charge is -2.12. The lowest BCUT2D eigenvalue weighted by molar-refractivity contribution is -0.123.